The van der Waals surface area contributed by atoms with Crippen molar-refractivity contribution in [2.45, 2.75) is 17.0 Å². The van der Waals surface area contributed by atoms with Crippen molar-refractivity contribution < 1.29 is 17.6 Å². The van der Waals surface area contributed by atoms with E-state index in [1.807, 2.05) is 31.2 Å². The Balaban J connectivity index is 1.35. The van der Waals surface area contributed by atoms with Gasteiger partial charge in [-0.1, -0.05) is 41.6 Å². The molecule has 1 fully saturated rings. The van der Waals surface area contributed by atoms with Crippen LogP contribution in [0.5, 0.6) is 0 Å². The van der Waals surface area contributed by atoms with Crippen LogP contribution in [0.15, 0.2) is 58.6 Å². The van der Waals surface area contributed by atoms with Gasteiger partial charge in [0.2, 0.25) is 21.1 Å². The van der Waals surface area contributed by atoms with Gasteiger partial charge in [0.1, 0.15) is 10.7 Å². The van der Waals surface area contributed by atoms with Gasteiger partial charge in [0, 0.05) is 26.2 Å². The first-order chi connectivity index (χ1) is 15.4. The number of hydrogen-bond acceptors (Lipinski definition) is 7. The molecule has 168 valence electrons. The molecule has 2 heterocycles. The highest BCUT2D eigenvalue weighted by molar-refractivity contribution is 7.99. The van der Waals surface area contributed by atoms with Gasteiger partial charge in [-0.25, -0.2) is 12.8 Å². The number of benzene rings is 2. The average Bonchev–Trinajstić information content (AvgIpc) is 3.27. The van der Waals surface area contributed by atoms with Gasteiger partial charge in [-0.2, -0.15) is 8.99 Å². The summed E-state index contributed by atoms with van der Waals surface area (Å²) in [6, 6.07) is 13.0. The van der Waals surface area contributed by atoms with Crippen LogP contribution in [0.2, 0.25) is 0 Å². The highest BCUT2D eigenvalue weighted by Crippen LogP contribution is 2.22. The van der Waals surface area contributed by atoms with E-state index in [4.69, 9.17) is 0 Å². The van der Waals surface area contributed by atoms with Crippen molar-refractivity contribution >= 4 is 27.7 Å². The minimum atomic E-state index is -3.94. The molecule has 1 aliphatic heterocycles. The summed E-state index contributed by atoms with van der Waals surface area (Å²) >= 11 is 1.21. The summed E-state index contributed by atoms with van der Waals surface area (Å²) in [7, 11) is -3.94. The molecule has 1 aromatic heterocycles. The number of aryl methyl sites for hydroxylation is 1. The number of tetrazole rings is 1. The minimum Gasteiger partial charge on any atom is -0.339 e. The largest absolute Gasteiger partial charge is 0.339 e. The first kappa shape index (κ1) is 22.4. The Morgan fingerprint density at radius 1 is 1.06 bits per heavy atom. The van der Waals surface area contributed by atoms with E-state index in [0.29, 0.717) is 5.16 Å². The number of nitrogens with zero attached hydrogens (tertiary/aromatic N) is 6. The molecular weight excluding hydrogens is 455 g/mol. The van der Waals surface area contributed by atoms with Crippen molar-refractivity contribution in [1.29, 1.82) is 0 Å². The molecule has 0 spiro atoms. The van der Waals surface area contributed by atoms with E-state index < -0.39 is 15.8 Å². The highest BCUT2D eigenvalue weighted by Gasteiger charge is 2.31. The SMILES string of the molecule is Cc1ccc(-n2nnnc2SCC(=O)N2CCN(S(=O)(=O)c3ccccc3F)CC2)cc1. The van der Waals surface area contributed by atoms with Gasteiger partial charge in [0.05, 0.1) is 11.4 Å². The fourth-order valence-corrected chi connectivity index (χ4v) is 5.59. The third-order valence-electron chi connectivity index (χ3n) is 5.09. The summed E-state index contributed by atoms with van der Waals surface area (Å²) in [5, 5.41) is 12.2. The van der Waals surface area contributed by atoms with E-state index in [0.717, 1.165) is 17.3 Å². The molecule has 2 aromatic carbocycles. The molecule has 1 saturated heterocycles. The van der Waals surface area contributed by atoms with E-state index in [2.05, 4.69) is 15.5 Å². The number of carbonyl (C=O) groups is 1. The van der Waals surface area contributed by atoms with Crippen LogP contribution in [0.1, 0.15) is 5.56 Å². The molecule has 0 N–H and O–H groups in total. The Labute approximate surface area is 189 Å². The first-order valence-corrected chi connectivity index (χ1v) is 12.3. The molecule has 32 heavy (non-hydrogen) atoms. The zero-order valence-electron chi connectivity index (χ0n) is 17.3. The number of amides is 1. The smallest absolute Gasteiger partial charge is 0.246 e. The lowest BCUT2D eigenvalue weighted by Crippen LogP contribution is -2.51. The molecule has 0 atom stereocenters. The maximum atomic E-state index is 14.0. The van der Waals surface area contributed by atoms with E-state index in [1.54, 1.807) is 9.58 Å². The van der Waals surface area contributed by atoms with E-state index in [1.165, 1.54) is 34.3 Å². The highest BCUT2D eigenvalue weighted by atomic mass is 32.2. The molecule has 1 aliphatic rings. The zero-order chi connectivity index (χ0) is 22.7. The summed E-state index contributed by atoms with van der Waals surface area (Å²) in [6.07, 6.45) is 0. The van der Waals surface area contributed by atoms with Gasteiger partial charge in [-0.15, -0.1) is 5.10 Å². The number of piperazine rings is 1. The average molecular weight is 477 g/mol. The Kier molecular flexibility index (Phi) is 6.53. The summed E-state index contributed by atoms with van der Waals surface area (Å²) in [5.41, 5.74) is 1.91. The predicted molar refractivity (Wildman–Crippen MR) is 116 cm³/mol. The topological polar surface area (TPSA) is 101 Å². The summed E-state index contributed by atoms with van der Waals surface area (Å²) < 4.78 is 42.2. The normalized spacial score (nSPS) is 15.1. The third kappa shape index (κ3) is 4.66. The van der Waals surface area contributed by atoms with E-state index in [9.17, 15) is 17.6 Å². The van der Waals surface area contributed by atoms with Crippen LogP contribution in [0.3, 0.4) is 0 Å². The van der Waals surface area contributed by atoms with Gasteiger partial charge < -0.3 is 4.90 Å². The molecule has 0 bridgehead atoms. The van der Waals surface area contributed by atoms with Crippen LogP contribution in [-0.2, 0) is 14.8 Å². The van der Waals surface area contributed by atoms with Gasteiger partial charge in [0.15, 0.2) is 0 Å². The van der Waals surface area contributed by atoms with Crippen molar-refractivity contribution in [2.24, 2.45) is 0 Å². The number of aromatic nitrogens is 4. The fourth-order valence-electron chi connectivity index (χ4n) is 3.31. The van der Waals surface area contributed by atoms with Gasteiger partial charge >= 0.3 is 0 Å². The van der Waals surface area contributed by atoms with E-state index >= 15 is 0 Å². The Bertz CT molecular complexity index is 1210. The van der Waals surface area contributed by atoms with E-state index in [-0.39, 0.29) is 42.7 Å². The second kappa shape index (κ2) is 9.35. The number of rotatable bonds is 6. The van der Waals surface area contributed by atoms with Gasteiger partial charge in [-0.05, 0) is 41.6 Å². The molecule has 9 nitrogen and oxygen atoms in total. The zero-order valence-corrected chi connectivity index (χ0v) is 18.9. The third-order valence-corrected chi connectivity index (χ3v) is 7.93. The number of sulfonamides is 1. The van der Waals surface area contributed by atoms with Gasteiger partial charge in [0.25, 0.3) is 0 Å². The fraction of sp³-hybridized carbons (Fsp3) is 0.300. The van der Waals surface area contributed by atoms with Crippen LogP contribution in [-0.4, -0.2) is 75.7 Å². The molecule has 3 aromatic rings. The second-order valence-electron chi connectivity index (χ2n) is 7.21. The molecule has 1 amide bonds. The predicted octanol–water partition coefficient (Wildman–Crippen LogP) is 1.74. The number of halogens is 1. The molecule has 0 saturated carbocycles. The lowest BCUT2D eigenvalue weighted by atomic mass is 10.2. The number of hydrogen-bond donors (Lipinski definition) is 0. The summed E-state index contributed by atoms with van der Waals surface area (Å²) in [5.74, 6) is -0.808. The minimum absolute atomic E-state index is 0.105. The van der Waals surface area contributed by atoms with Crippen molar-refractivity contribution in [1.82, 2.24) is 29.4 Å². The van der Waals surface area contributed by atoms with Crippen molar-refractivity contribution in [2.75, 3.05) is 31.9 Å². The Hall–Kier alpha value is -2.83. The van der Waals surface area contributed by atoms with Crippen LogP contribution in [0.25, 0.3) is 5.69 Å². The Morgan fingerprint density at radius 3 is 2.44 bits per heavy atom. The molecule has 4 rings (SSSR count). The van der Waals surface area contributed by atoms with Crippen molar-refractivity contribution in [3.8, 4) is 5.69 Å². The van der Waals surface area contributed by atoms with Gasteiger partial charge in [-0.3, -0.25) is 4.79 Å². The number of carbonyl (C=O) groups excluding carboxylic acids is 1. The molecule has 12 heteroatoms. The van der Waals surface area contributed by atoms with Crippen LogP contribution in [0.4, 0.5) is 4.39 Å². The standard InChI is InChI=1S/C20H21FN6O3S2/c1-15-6-8-16(9-7-15)27-20(22-23-24-27)31-14-19(28)25-10-12-26(13-11-25)32(29,30)18-5-3-2-4-17(18)21/h2-9H,10-14H2,1H3. The first-order valence-electron chi connectivity index (χ1n) is 9.87. The van der Waals surface area contributed by atoms with Crippen molar-refractivity contribution in [3.63, 3.8) is 0 Å². The monoisotopic (exact) mass is 476 g/mol. The summed E-state index contributed by atoms with van der Waals surface area (Å²) in [6.45, 7) is 2.66. The lowest BCUT2D eigenvalue weighted by molar-refractivity contribution is -0.129. The maximum absolute atomic E-state index is 14.0. The summed E-state index contributed by atoms with van der Waals surface area (Å²) in [4.78, 5) is 13.9. The molecular formula is C20H21FN6O3S2. The molecule has 0 unspecified atom stereocenters. The Morgan fingerprint density at radius 2 is 1.75 bits per heavy atom. The molecule has 0 radical (unpaired) electrons. The van der Waals surface area contributed by atoms with Crippen LogP contribution >= 0.6 is 11.8 Å². The second-order valence-corrected chi connectivity index (χ2v) is 10.1. The van der Waals surface area contributed by atoms with Crippen molar-refractivity contribution in [3.05, 3.63) is 59.9 Å². The number of thioether (sulfide) groups is 1. The maximum Gasteiger partial charge on any atom is 0.246 e. The van der Waals surface area contributed by atoms with Crippen LogP contribution in [0, 0.1) is 12.7 Å². The lowest BCUT2D eigenvalue weighted by Gasteiger charge is -2.34. The quantitative estimate of drug-likeness (QED) is 0.500. The van der Waals surface area contributed by atoms with Crippen LogP contribution < -0.4 is 0 Å². The molecule has 0 aliphatic carbocycles.